The largest absolute Gasteiger partial charge is 0.480 e. The van der Waals surface area contributed by atoms with Gasteiger partial charge >= 0.3 is 12.0 Å². The van der Waals surface area contributed by atoms with Gasteiger partial charge < -0.3 is 31.2 Å². The molecule has 1 aromatic carbocycles. The number of aliphatic carboxylic acids is 1. The third kappa shape index (κ3) is 25.0. The zero-order chi connectivity index (χ0) is 42.1. The number of carboxylic acid groups (broad SMARTS) is 1. The highest BCUT2D eigenvalue weighted by Crippen LogP contribution is 2.31. The maximum atomic E-state index is 13.1. The summed E-state index contributed by atoms with van der Waals surface area (Å²) in [5.41, 5.74) is 7.14. The number of primary amides is 1. The summed E-state index contributed by atoms with van der Waals surface area (Å²) in [6.07, 6.45) is 10.4. The molecular formula is C38H69Cl2N5O7S. The maximum absolute atomic E-state index is 13.1. The monoisotopic (exact) mass is 809 g/mol. The van der Waals surface area contributed by atoms with Crippen molar-refractivity contribution in [1.82, 2.24) is 20.3 Å². The van der Waals surface area contributed by atoms with Crippen LogP contribution < -0.4 is 21.1 Å². The normalized spacial score (nSPS) is 13.9. The van der Waals surface area contributed by atoms with Crippen molar-refractivity contribution < 1.29 is 33.9 Å². The zero-order valence-electron chi connectivity index (χ0n) is 33.8. The molecule has 15 heteroatoms. The number of Topliss-reactive ketones (excluding diaryl/α,β-unsaturated/α-hetero) is 1. The van der Waals surface area contributed by atoms with E-state index in [4.69, 9.17) is 10.8 Å². The van der Waals surface area contributed by atoms with E-state index in [-0.39, 0.29) is 11.8 Å². The van der Waals surface area contributed by atoms with Crippen molar-refractivity contribution in [2.45, 2.75) is 125 Å². The quantitative estimate of drug-likeness (QED) is 0.0536. The van der Waals surface area contributed by atoms with Gasteiger partial charge in [-0.15, -0.1) is 23.2 Å². The molecule has 1 aromatic rings. The van der Waals surface area contributed by atoms with E-state index in [0.29, 0.717) is 31.6 Å². The lowest BCUT2D eigenvalue weighted by Gasteiger charge is -2.31. The summed E-state index contributed by atoms with van der Waals surface area (Å²) < 4.78 is 2.53. The van der Waals surface area contributed by atoms with Gasteiger partial charge in [0.2, 0.25) is 11.7 Å². The summed E-state index contributed by atoms with van der Waals surface area (Å²) >= 11 is 13.1. The van der Waals surface area contributed by atoms with Gasteiger partial charge in [0.05, 0.1) is 12.1 Å². The number of rotatable bonds is 14. The third-order valence-corrected chi connectivity index (χ3v) is 7.91. The number of fused-ring (bicyclic) bond motifs is 1. The number of nitrogens with one attached hydrogen (secondary N) is 3. The van der Waals surface area contributed by atoms with Crippen LogP contribution in [0.15, 0.2) is 24.3 Å². The first-order valence-electron chi connectivity index (χ1n) is 18.3. The van der Waals surface area contributed by atoms with E-state index in [1.165, 1.54) is 24.1 Å². The molecule has 12 nitrogen and oxygen atoms in total. The number of carboxylic acids is 1. The molecule has 308 valence electrons. The van der Waals surface area contributed by atoms with Gasteiger partial charge in [0.25, 0.3) is 5.91 Å². The van der Waals surface area contributed by atoms with Crippen LogP contribution in [-0.4, -0.2) is 90.4 Å². The number of carbonyl (C=O) groups excluding carboxylic acids is 5. The average Bonchev–Trinajstić information content (AvgIpc) is 3.58. The van der Waals surface area contributed by atoms with Gasteiger partial charge in [0.1, 0.15) is 18.9 Å². The SMILES string of the molecule is CC.CC.CC(C)C.CCCC(C=O)N(C)C(=O)C(NC(=O)NCC(=O)O)C1Cc2ccccc2C1.CCl.CCl.NC(=O)C(=O)C(CC1CCC1)NS. The molecule has 2 aliphatic rings. The molecule has 0 aliphatic heterocycles. The fraction of sp³-hybridized carbons (Fsp3) is 0.684. The molecule has 0 saturated heterocycles. The molecule has 1 fully saturated rings. The number of hydrogen-bond acceptors (Lipinski definition) is 8. The van der Waals surface area contributed by atoms with Gasteiger partial charge in [-0.25, -0.2) is 4.79 Å². The Bertz CT molecular complexity index is 1130. The van der Waals surface area contributed by atoms with Crippen LogP contribution >= 0.6 is 36.0 Å². The lowest BCUT2D eigenvalue weighted by Crippen LogP contribution is -2.56. The molecule has 3 atom stereocenters. The van der Waals surface area contributed by atoms with E-state index in [1.807, 2.05) is 58.9 Å². The number of amides is 4. The van der Waals surface area contributed by atoms with Crippen molar-refractivity contribution in [2.24, 2.45) is 23.5 Å². The smallest absolute Gasteiger partial charge is 0.323 e. The van der Waals surface area contributed by atoms with Crippen molar-refractivity contribution >= 4 is 71.9 Å². The van der Waals surface area contributed by atoms with Gasteiger partial charge in [-0.1, -0.05) is 118 Å². The molecule has 1 saturated carbocycles. The molecule has 0 radical (unpaired) electrons. The van der Waals surface area contributed by atoms with Crippen LogP contribution in [-0.2, 0) is 36.8 Å². The van der Waals surface area contributed by atoms with Crippen molar-refractivity contribution in [3.8, 4) is 0 Å². The van der Waals surface area contributed by atoms with E-state index in [2.05, 4.69) is 72.1 Å². The summed E-state index contributed by atoms with van der Waals surface area (Å²) in [6.45, 7) is 15.9. The average molecular weight is 811 g/mol. The number of carbonyl (C=O) groups is 6. The molecule has 3 unspecified atom stereocenters. The van der Waals surface area contributed by atoms with Gasteiger partial charge in [-0.2, -0.15) is 0 Å². The number of ketones is 1. The van der Waals surface area contributed by atoms with Crippen LogP contribution in [0.4, 0.5) is 4.79 Å². The van der Waals surface area contributed by atoms with Crippen LogP contribution in [0.5, 0.6) is 0 Å². The van der Waals surface area contributed by atoms with E-state index in [1.54, 1.807) is 7.05 Å². The highest BCUT2D eigenvalue weighted by molar-refractivity contribution is 7.78. The second kappa shape index (κ2) is 36.1. The standard InChI is InChI=1S/C20H27N3O5.C8H14N2O2S.C4H10.2C2H6.2CH3Cl/c1-3-6-16(12-24)23(2)19(27)18(22-20(28)21-11-17(25)26)15-9-13-7-4-5-8-14(13)10-15;9-8(12)7(11)6(10-13)4-5-2-1-3-5;1-4(2)3;4*1-2/h4-5,7-8,12,15-16,18H,3,6,9-11H2,1-2H3,(H,25,26)(H2,21,22,28);5-6,10,13H,1-4H2,(H2,9,12);4H,1-3H3;2*1-2H3;2*1H3. The predicted octanol–water partition coefficient (Wildman–Crippen LogP) is 6.44. The molecule has 0 aromatic heterocycles. The molecule has 0 bridgehead atoms. The third-order valence-electron chi connectivity index (χ3n) is 7.60. The number of aldehydes is 1. The van der Waals surface area contributed by atoms with Crippen molar-refractivity contribution in [3.05, 3.63) is 35.4 Å². The lowest BCUT2D eigenvalue weighted by molar-refractivity contribution is -0.137. The van der Waals surface area contributed by atoms with Gasteiger partial charge in [0, 0.05) is 19.8 Å². The maximum Gasteiger partial charge on any atom is 0.323 e. The Hall–Kier alpha value is -2.87. The number of nitrogens with two attached hydrogens (primary N) is 1. The van der Waals surface area contributed by atoms with E-state index in [0.717, 1.165) is 42.6 Å². The van der Waals surface area contributed by atoms with Crippen LogP contribution in [0.3, 0.4) is 0 Å². The first-order chi connectivity index (χ1) is 25.2. The van der Waals surface area contributed by atoms with Gasteiger partial charge in [0.15, 0.2) is 0 Å². The number of nitrogens with zero attached hydrogens (tertiary/aromatic N) is 1. The first kappa shape index (κ1) is 56.9. The summed E-state index contributed by atoms with van der Waals surface area (Å²) in [4.78, 5) is 70.5. The molecule has 4 amide bonds. The van der Waals surface area contributed by atoms with Crippen LogP contribution in [0.2, 0.25) is 0 Å². The fourth-order valence-electron chi connectivity index (χ4n) is 5.04. The molecule has 0 spiro atoms. The van der Waals surface area contributed by atoms with E-state index >= 15 is 0 Å². The Balaban J connectivity index is -0.000000398. The van der Waals surface area contributed by atoms with Crippen molar-refractivity contribution in [1.29, 1.82) is 0 Å². The van der Waals surface area contributed by atoms with Crippen molar-refractivity contribution in [3.63, 3.8) is 0 Å². The number of thiol groups is 1. The highest BCUT2D eigenvalue weighted by atomic mass is 35.5. The van der Waals surface area contributed by atoms with E-state index < -0.39 is 48.4 Å². The molecular weight excluding hydrogens is 741 g/mol. The molecule has 3 rings (SSSR count). The summed E-state index contributed by atoms with van der Waals surface area (Å²) in [6, 6.07) is 5.21. The number of halogens is 2. The Kier molecular flexibility index (Phi) is 38.8. The minimum absolute atomic E-state index is 0.170. The van der Waals surface area contributed by atoms with E-state index in [9.17, 15) is 28.8 Å². The first-order valence-corrected chi connectivity index (χ1v) is 20.2. The molecule has 6 N–H and O–H groups in total. The molecule has 53 heavy (non-hydrogen) atoms. The highest BCUT2D eigenvalue weighted by Gasteiger charge is 2.37. The minimum atomic E-state index is -1.17. The summed E-state index contributed by atoms with van der Waals surface area (Å²) in [7, 11) is 1.56. The Morgan fingerprint density at radius 3 is 1.79 bits per heavy atom. The predicted molar refractivity (Wildman–Crippen MR) is 222 cm³/mol. The second-order valence-corrected chi connectivity index (χ2v) is 12.5. The lowest BCUT2D eigenvalue weighted by atomic mass is 9.80. The number of hydrogen-bond donors (Lipinski definition) is 6. The van der Waals surface area contributed by atoms with Crippen LogP contribution in [0, 0.1) is 17.8 Å². The minimum Gasteiger partial charge on any atom is -0.480 e. The van der Waals surface area contributed by atoms with Gasteiger partial charge in [-0.05, 0) is 54.6 Å². The Labute approximate surface area is 335 Å². The summed E-state index contributed by atoms with van der Waals surface area (Å²) in [5.74, 6) is -1.77. The topological polar surface area (TPSA) is 188 Å². The number of urea groups is 1. The Morgan fingerprint density at radius 1 is 0.981 bits per heavy atom. The van der Waals surface area contributed by atoms with Crippen LogP contribution in [0.1, 0.15) is 105 Å². The molecule has 0 heterocycles. The van der Waals surface area contributed by atoms with Crippen LogP contribution in [0.25, 0.3) is 0 Å². The molecule has 2 aliphatic carbocycles. The summed E-state index contributed by atoms with van der Waals surface area (Å²) in [5, 5.41) is 13.6. The fourth-order valence-corrected chi connectivity index (χ4v) is 5.26. The number of alkyl halides is 2. The van der Waals surface area contributed by atoms with Crippen molar-refractivity contribution in [2.75, 3.05) is 26.4 Å². The zero-order valence-corrected chi connectivity index (χ0v) is 36.2. The van der Waals surface area contributed by atoms with Gasteiger partial charge in [-0.3, -0.25) is 23.9 Å². The number of likely N-dealkylation sites (N-methyl/N-ethyl adjacent to an activating group) is 1. The number of benzene rings is 1. The second-order valence-electron chi connectivity index (χ2n) is 12.3. The Morgan fingerprint density at radius 2 is 1.45 bits per heavy atom.